The molecule has 3 heteroatoms. The quantitative estimate of drug-likeness (QED) is 0.800. The van der Waals surface area contributed by atoms with Crippen molar-refractivity contribution >= 4 is 5.82 Å². The number of aryl methyl sites for hydroxylation is 1. The highest BCUT2D eigenvalue weighted by molar-refractivity contribution is 5.35. The molecule has 1 atom stereocenters. The van der Waals surface area contributed by atoms with Gasteiger partial charge in [-0.05, 0) is 26.2 Å². The van der Waals surface area contributed by atoms with Crippen LogP contribution in [0.25, 0.3) is 0 Å². The molecule has 90 valence electrons. The van der Waals surface area contributed by atoms with E-state index in [-0.39, 0.29) is 0 Å². The molecule has 1 unspecified atom stereocenters. The van der Waals surface area contributed by atoms with Gasteiger partial charge in [-0.25, -0.2) is 9.97 Å². The highest BCUT2D eigenvalue weighted by Crippen LogP contribution is 2.11. The summed E-state index contributed by atoms with van der Waals surface area (Å²) in [5.74, 6) is 1.73. The molecule has 16 heavy (non-hydrogen) atoms. The minimum absolute atomic E-state index is 0.480. The molecule has 0 spiro atoms. The number of aromatic nitrogens is 2. The van der Waals surface area contributed by atoms with Gasteiger partial charge in [0.2, 0.25) is 0 Å². The Labute approximate surface area is 98.7 Å². The van der Waals surface area contributed by atoms with Crippen LogP contribution in [0.15, 0.2) is 12.4 Å². The first kappa shape index (κ1) is 12.9. The SMILES string of the molecule is Cc1cc(NC(C)CCCC(C)C)ncn1. The van der Waals surface area contributed by atoms with Gasteiger partial charge in [0, 0.05) is 17.8 Å². The number of anilines is 1. The van der Waals surface area contributed by atoms with E-state index in [2.05, 4.69) is 36.1 Å². The largest absolute Gasteiger partial charge is 0.368 e. The maximum absolute atomic E-state index is 4.20. The summed E-state index contributed by atoms with van der Waals surface area (Å²) in [5.41, 5.74) is 1.01. The Morgan fingerprint density at radius 3 is 2.56 bits per heavy atom. The van der Waals surface area contributed by atoms with Crippen molar-refractivity contribution in [2.24, 2.45) is 5.92 Å². The zero-order chi connectivity index (χ0) is 12.0. The van der Waals surface area contributed by atoms with Crippen LogP contribution in [-0.2, 0) is 0 Å². The summed E-state index contributed by atoms with van der Waals surface area (Å²) in [6.45, 7) is 8.73. The van der Waals surface area contributed by atoms with Crippen molar-refractivity contribution in [1.82, 2.24) is 9.97 Å². The van der Waals surface area contributed by atoms with Crippen molar-refractivity contribution in [3.05, 3.63) is 18.1 Å². The Kier molecular flexibility index (Phi) is 5.23. The first-order valence-corrected chi connectivity index (χ1v) is 6.13. The third-order valence-electron chi connectivity index (χ3n) is 2.62. The molecular formula is C13H23N3. The monoisotopic (exact) mass is 221 g/mol. The van der Waals surface area contributed by atoms with E-state index in [0.29, 0.717) is 6.04 Å². The van der Waals surface area contributed by atoms with Gasteiger partial charge in [-0.2, -0.15) is 0 Å². The summed E-state index contributed by atoms with van der Waals surface area (Å²) in [6.07, 6.45) is 5.38. The van der Waals surface area contributed by atoms with Crippen molar-refractivity contribution in [2.75, 3.05) is 5.32 Å². The van der Waals surface area contributed by atoms with Crippen LogP contribution in [0.4, 0.5) is 5.82 Å². The fourth-order valence-electron chi connectivity index (χ4n) is 1.69. The smallest absolute Gasteiger partial charge is 0.129 e. The second-order valence-corrected chi connectivity index (χ2v) is 4.91. The normalized spacial score (nSPS) is 12.8. The average molecular weight is 221 g/mol. The Bertz CT molecular complexity index is 310. The van der Waals surface area contributed by atoms with Gasteiger partial charge >= 0.3 is 0 Å². The molecule has 3 nitrogen and oxygen atoms in total. The van der Waals surface area contributed by atoms with Crippen molar-refractivity contribution in [2.45, 2.75) is 53.0 Å². The number of nitrogens with zero attached hydrogens (tertiary/aromatic N) is 2. The second-order valence-electron chi connectivity index (χ2n) is 4.91. The molecule has 0 bridgehead atoms. The summed E-state index contributed by atoms with van der Waals surface area (Å²) in [4.78, 5) is 8.28. The van der Waals surface area contributed by atoms with Crippen molar-refractivity contribution in [3.8, 4) is 0 Å². The minimum atomic E-state index is 0.480. The van der Waals surface area contributed by atoms with Crippen LogP contribution in [0.5, 0.6) is 0 Å². The topological polar surface area (TPSA) is 37.8 Å². The van der Waals surface area contributed by atoms with Crippen LogP contribution < -0.4 is 5.32 Å². The lowest BCUT2D eigenvalue weighted by Gasteiger charge is -2.15. The van der Waals surface area contributed by atoms with Crippen molar-refractivity contribution in [3.63, 3.8) is 0 Å². The number of hydrogen-bond donors (Lipinski definition) is 1. The summed E-state index contributed by atoms with van der Waals surface area (Å²) in [6, 6.07) is 2.46. The average Bonchev–Trinajstić information content (AvgIpc) is 2.16. The summed E-state index contributed by atoms with van der Waals surface area (Å²) in [5, 5.41) is 3.41. The lowest BCUT2D eigenvalue weighted by atomic mass is 10.0. The van der Waals surface area contributed by atoms with Gasteiger partial charge in [-0.15, -0.1) is 0 Å². The molecule has 0 aliphatic carbocycles. The van der Waals surface area contributed by atoms with Gasteiger partial charge in [0.1, 0.15) is 12.1 Å². The zero-order valence-electron chi connectivity index (χ0n) is 10.8. The number of rotatable bonds is 6. The van der Waals surface area contributed by atoms with E-state index in [4.69, 9.17) is 0 Å². The molecular weight excluding hydrogens is 198 g/mol. The fraction of sp³-hybridized carbons (Fsp3) is 0.692. The molecule has 1 heterocycles. The van der Waals surface area contributed by atoms with Crippen LogP contribution in [-0.4, -0.2) is 16.0 Å². The number of hydrogen-bond acceptors (Lipinski definition) is 3. The summed E-state index contributed by atoms with van der Waals surface area (Å²) in [7, 11) is 0. The maximum atomic E-state index is 4.20. The number of nitrogens with one attached hydrogen (secondary N) is 1. The van der Waals surface area contributed by atoms with Crippen molar-refractivity contribution in [1.29, 1.82) is 0 Å². The third kappa shape index (κ3) is 5.10. The van der Waals surface area contributed by atoms with Crippen LogP contribution >= 0.6 is 0 Å². The van der Waals surface area contributed by atoms with Gasteiger partial charge in [0.25, 0.3) is 0 Å². The molecule has 0 fully saturated rings. The van der Waals surface area contributed by atoms with E-state index >= 15 is 0 Å². The molecule has 1 aromatic heterocycles. The lowest BCUT2D eigenvalue weighted by molar-refractivity contribution is 0.520. The summed E-state index contributed by atoms with van der Waals surface area (Å²) >= 11 is 0. The van der Waals surface area contributed by atoms with Gasteiger partial charge in [0.05, 0.1) is 0 Å². The van der Waals surface area contributed by atoms with Gasteiger partial charge < -0.3 is 5.32 Å². The van der Waals surface area contributed by atoms with Gasteiger partial charge in [-0.1, -0.05) is 26.7 Å². The molecule has 1 rings (SSSR count). The first-order valence-electron chi connectivity index (χ1n) is 6.13. The van der Waals surface area contributed by atoms with Crippen LogP contribution in [0, 0.1) is 12.8 Å². The fourth-order valence-corrected chi connectivity index (χ4v) is 1.69. The third-order valence-corrected chi connectivity index (χ3v) is 2.62. The van der Waals surface area contributed by atoms with Gasteiger partial charge in [-0.3, -0.25) is 0 Å². The van der Waals surface area contributed by atoms with E-state index in [1.165, 1.54) is 19.3 Å². The Morgan fingerprint density at radius 1 is 1.19 bits per heavy atom. The van der Waals surface area contributed by atoms with E-state index in [1.807, 2.05) is 13.0 Å². The Balaban J connectivity index is 2.31. The predicted molar refractivity (Wildman–Crippen MR) is 68.5 cm³/mol. The zero-order valence-corrected chi connectivity index (χ0v) is 10.8. The van der Waals surface area contributed by atoms with Crippen LogP contribution in [0.3, 0.4) is 0 Å². The van der Waals surface area contributed by atoms with E-state index in [0.717, 1.165) is 17.4 Å². The van der Waals surface area contributed by atoms with Gasteiger partial charge in [0.15, 0.2) is 0 Å². The molecule has 1 aromatic rings. The van der Waals surface area contributed by atoms with Crippen molar-refractivity contribution < 1.29 is 0 Å². The molecule has 0 saturated carbocycles. The molecule has 0 aliphatic rings. The Morgan fingerprint density at radius 2 is 1.94 bits per heavy atom. The molecule has 0 saturated heterocycles. The highest BCUT2D eigenvalue weighted by atomic mass is 15.0. The Hall–Kier alpha value is -1.12. The van der Waals surface area contributed by atoms with Crippen LogP contribution in [0.1, 0.15) is 45.7 Å². The molecule has 0 radical (unpaired) electrons. The summed E-state index contributed by atoms with van der Waals surface area (Å²) < 4.78 is 0. The lowest BCUT2D eigenvalue weighted by Crippen LogP contribution is -2.16. The van der Waals surface area contributed by atoms with E-state index in [9.17, 15) is 0 Å². The minimum Gasteiger partial charge on any atom is -0.368 e. The molecule has 0 aliphatic heterocycles. The second kappa shape index (κ2) is 6.46. The standard InChI is InChI=1S/C13H23N3/c1-10(2)6-5-7-11(3)16-13-8-12(4)14-9-15-13/h8-11H,5-7H2,1-4H3,(H,14,15,16). The maximum Gasteiger partial charge on any atom is 0.129 e. The predicted octanol–water partition coefficient (Wildman–Crippen LogP) is 3.41. The molecule has 0 amide bonds. The van der Waals surface area contributed by atoms with E-state index in [1.54, 1.807) is 6.33 Å². The van der Waals surface area contributed by atoms with E-state index < -0.39 is 0 Å². The molecule has 0 aromatic carbocycles. The molecule has 1 N–H and O–H groups in total. The highest BCUT2D eigenvalue weighted by Gasteiger charge is 2.04. The van der Waals surface area contributed by atoms with Crippen LogP contribution in [0.2, 0.25) is 0 Å². The first-order chi connectivity index (χ1) is 7.58.